The van der Waals surface area contributed by atoms with Gasteiger partial charge in [-0.25, -0.2) is 9.97 Å². The van der Waals surface area contributed by atoms with Crippen molar-refractivity contribution >= 4 is 34.4 Å². The third-order valence-electron chi connectivity index (χ3n) is 4.97. The first-order chi connectivity index (χ1) is 13.3. The molecule has 0 atom stereocenters. The third kappa shape index (κ3) is 4.81. The lowest BCUT2D eigenvalue weighted by molar-refractivity contribution is 0.255. The molecule has 0 saturated carbocycles. The van der Waals surface area contributed by atoms with Crippen molar-refractivity contribution in [1.82, 2.24) is 14.9 Å². The number of piperidine rings is 1. The van der Waals surface area contributed by atoms with Gasteiger partial charge < -0.3 is 10.2 Å². The van der Waals surface area contributed by atoms with Crippen LogP contribution in [0.2, 0.25) is 0 Å². The van der Waals surface area contributed by atoms with Gasteiger partial charge in [-0.05, 0) is 68.2 Å². The lowest BCUT2D eigenvalue weighted by Crippen LogP contribution is -2.29. The van der Waals surface area contributed by atoms with E-state index in [1.54, 1.807) is 11.3 Å². The molecule has 4 nitrogen and oxygen atoms in total. The highest BCUT2D eigenvalue weighted by Crippen LogP contribution is 2.29. The van der Waals surface area contributed by atoms with E-state index in [1.807, 2.05) is 30.6 Å². The Balaban J connectivity index is 1.42. The molecule has 0 unspecified atom stereocenters. The molecule has 2 aromatic heterocycles. The SMILES string of the molecule is CN1CCC(c2ccnc(Nc3ncc(/C=C/c4ccccc4)s3)c2)CC1. The van der Waals surface area contributed by atoms with Crippen LogP contribution in [-0.4, -0.2) is 35.0 Å². The molecule has 0 amide bonds. The molecule has 1 aromatic carbocycles. The Hall–Kier alpha value is -2.50. The molecule has 3 heterocycles. The van der Waals surface area contributed by atoms with E-state index in [9.17, 15) is 0 Å². The summed E-state index contributed by atoms with van der Waals surface area (Å²) in [7, 11) is 2.20. The molecular formula is C22H24N4S. The van der Waals surface area contributed by atoms with Crippen LogP contribution >= 0.6 is 11.3 Å². The first-order valence-electron chi connectivity index (χ1n) is 9.37. The predicted octanol–water partition coefficient (Wildman–Crippen LogP) is 5.26. The number of hydrogen-bond acceptors (Lipinski definition) is 5. The van der Waals surface area contributed by atoms with E-state index in [2.05, 4.69) is 63.6 Å². The maximum atomic E-state index is 4.49. The van der Waals surface area contributed by atoms with E-state index in [1.165, 1.54) is 37.1 Å². The molecule has 1 aliphatic rings. The summed E-state index contributed by atoms with van der Waals surface area (Å²) in [4.78, 5) is 12.5. The number of anilines is 2. The molecule has 0 radical (unpaired) electrons. The number of pyridine rings is 1. The van der Waals surface area contributed by atoms with Crippen LogP contribution in [0.25, 0.3) is 12.2 Å². The Kier molecular flexibility index (Phi) is 5.61. The fraction of sp³-hybridized carbons (Fsp3) is 0.273. The minimum Gasteiger partial charge on any atom is -0.316 e. The van der Waals surface area contributed by atoms with Crippen LogP contribution in [0, 0.1) is 0 Å². The first kappa shape index (κ1) is 17.9. The Labute approximate surface area is 164 Å². The standard InChI is InChI=1S/C22H24N4S/c1-26-13-10-18(11-14-26)19-9-12-23-21(15-19)25-22-24-16-20(27-22)8-7-17-5-3-2-4-6-17/h2-9,12,15-16,18H,10-11,13-14H2,1H3,(H,23,24,25)/b8-7+. The third-order valence-corrected chi connectivity index (χ3v) is 5.85. The molecule has 1 aliphatic heterocycles. The first-order valence-corrected chi connectivity index (χ1v) is 10.2. The van der Waals surface area contributed by atoms with E-state index in [4.69, 9.17) is 0 Å². The Morgan fingerprint density at radius 1 is 1.07 bits per heavy atom. The topological polar surface area (TPSA) is 41.1 Å². The highest BCUT2D eigenvalue weighted by molar-refractivity contribution is 7.16. The Morgan fingerprint density at radius 3 is 2.70 bits per heavy atom. The van der Waals surface area contributed by atoms with Gasteiger partial charge in [-0.1, -0.05) is 47.7 Å². The van der Waals surface area contributed by atoms with Gasteiger partial charge in [0.25, 0.3) is 0 Å². The van der Waals surface area contributed by atoms with Gasteiger partial charge in [-0.15, -0.1) is 0 Å². The lowest BCUT2D eigenvalue weighted by Gasteiger charge is -2.29. The number of thiazole rings is 1. The molecule has 0 bridgehead atoms. The van der Waals surface area contributed by atoms with Crippen molar-refractivity contribution in [3.05, 3.63) is 70.9 Å². The zero-order chi connectivity index (χ0) is 18.5. The molecule has 0 spiro atoms. The van der Waals surface area contributed by atoms with Crippen LogP contribution in [-0.2, 0) is 0 Å². The summed E-state index contributed by atoms with van der Waals surface area (Å²) in [6.07, 6.45) is 10.4. The molecule has 1 N–H and O–H groups in total. The molecule has 27 heavy (non-hydrogen) atoms. The molecular weight excluding hydrogens is 352 g/mol. The molecule has 1 fully saturated rings. The van der Waals surface area contributed by atoms with Crippen LogP contribution < -0.4 is 5.32 Å². The lowest BCUT2D eigenvalue weighted by atomic mass is 9.90. The van der Waals surface area contributed by atoms with Gasteiger partial charge in [0.05, 0.1) is 0 Å². The minimum atomic E-state index is 0.630. The summed E-state index contributed by atoms with van der Waals surface area (Å²) in [5.74, 6) is 1.50. The largest absolute Gasteiger partial charge is 0.316 e. The second kappa shape index (κ2) is 8.46. The molecule has 4 rings (SSSR count). The molecule has 3 aromatic rings. The number of nitrogens with one attached hydrogen (secondary N) is 1. The van der Waals surface area contributed by atoms with Crippen LogP contribution in [0.3, 0.4) is 0 Å². The number of likely N-dealkylation sites (tertiary alicyclic amines) is 1. The van der Waals surface area contributed by atoms with Crippen molar-refractivity contribution < 1.29 is 0 Å². The van der Waals surface area contributed by atoms with Gasteiger partial charge >= 0.3 is 0 Å². The van der Waals surface area contributed by atoms with E-state index in [0.29, 0.717) is 5.92 Å². The Bertz CT molecular complexity index is 895. The van der Waals surface area contributed by atoms with Gasteiger partial charge in [0.1, 0.15) is 5.82 Å². The Morgan fingerprint density at radius 2 is 1.89 bits per heavy atom. The van der Waals surface area contributed by atoms with Crippen molar-refractivity contribution in [2.75, 3.05) is 25.5 Å². The van der Waals surface area contributed by atoms with Crippen LogP contribution in [0.15, 0.2) is 54.9 Å². The molecule has 1 saturated heterocycles. The number of aromatic nitrogens is 2. The van der Waals surface area contributed by atoms with E-state index in [-0.39, 0.29) is 0 Å². The van der Waals surface area contributed by atoms with Crippen molar-refractivity contribution in [1.29, 1.82) is 0 Å². The van der Waals surface area contributed by atoms with Crippen molar-refractivity contribution in [2.45, 2.75) is 18.8 Å². The fourth-order valence-electron chi connectivity index (χ4n) is 3.38. The maximum Gasteiger partial charge on any atom is 0.188 e. The van der Waals surface area contributed by atoms with Gasteiger partial charge in [0.15, 0.2) is 5.13 Å². The predicted molar refractivity (Wildman–Crippen MR) is 114 cm³/mol. The van der Waals surface area contributed by atoms with Gasteiger partial charge in [0, 0.05) is 17.3 Å². The van der Waals surface area contributed by atoms with E-state index >= 15 is 0 Å². The van der Waals surface area contributed by atoms with Crippen LogP contribution in [0.4, 0.5) is 10.9 Å². The summed E-state index contributed by atoms with van der Waals surface area (Å²) >= 11 is 1.63. The second-order valence-corrected chi connectivity index (χ2v) is 8.05. The van der Waals surface area contributed by atoms with Crippen molar-refractivity contribution in [3.63, 3.8) is 0 Å². The van der Waals surface area contributed by atoms with Crippen molar-refractivity contribution in [2.24, 2.45) is 0 Å². The molecule has 5 heteroatoms. The second-order valence-electron chi connectivity index (χ2n) is 6.99. The van der Waals surface area contributed by atoms with E-state index in [0.717, 1.165) is 15.8 Å². The smallest absolute Gasteiger partial charge is 0.188 e. The number of rotatable bonds is 5. The summed E-state index contributed by atoms with van der Waals surface area (Å²) in [5.41, 5.74) is 2.56. The van der Waals surface area contributed by atoms with Gasteiger partial charge in [-0.3, -0.25) is 0 Å². The zero-order valence-electron chi connectivity index (χ0n) is 15.5. The normalized spacial score (nSPS) is 16.0. The van der Waals surface area contributed by atoms with Crippen molar-refractivity contribution in [3.8, 4) is 0 Å². The average Bonchev–Trinajstić information content (AvgIpc) is 3.15. The molecule has 0 aliphatic carbocycles. The quantitative estimate of drug-likeness (QED) is 0.659. The van der Waals surface area contributed by atoms with Gasteiger partial charge in [-0.2, -0.15) is 0 Å². The summed E-state index contributed by atoms with van der Waals surface area (Å²) < 4.78 is 0. The molecule has 138 valence electrons. The highest BCUT2D eigenvalue weighted by atomic mass is 32.1. The fourth-order valence-corrected chi connectivity index (χ4v) is 4.11. The monoisotopic (exact) mass is 376 g/mol. The average molecular weight is 377 g/mol. The summed E-state index contributed by atoms with van der Waals surface area (Å²) in [6.45, 7) is 2.33. The number of benzene rings is 1. The van der Waals surface area contributed by atoms with E-state index < -0.39 is 0 Å². The number of hydrogen-bond donors (Lipinski definition) is 1. The zero-order valence-corrected chi connectivity index (χ0v) is 16.3. The summed E-state index contributed by atoms with van der Waals surface area (Å²) in [5, 5.41) is 4.23. The van der Waals surface area contributed by atoms with Gasteiger partial charge in [0.2, 0.25) is 0 Å². The summed E-state index contributed by atoms with van der Waals surface area (Å²) in [6, 6.07) is 14.6. The van der Waals surface area contributed by atoms with Crippen LogP contribution in [0.1, 0.15) is 34.8 Å². The maximum absolute atomic E-state index is 4.49. The highest BCUT2D eigenvalue weighted by Gasteiger charge is 2.18. The minimum absolute atomic E-state index is 0.630. The number of nitrogens with zero attached hydrogens (tertiary/aromatic N) is 3. The van der Waals surface area contributed by atoms with Crippen LogP contribution in [0.5, 0.6) is 0 Å².